The third kappa shape index (κ3) is 7.48. The molecule has 2 aromatic carbocycles. The van der Waals surface area contributed by atoms with E-state index in [4.69, 9.17) is 0 Å². The lowest BCUT2D eigenvalue weighted by atomic mass is 10.1. The van der Waals surface area contributed by atoms with Crippen LogP contribution in [0.3, 0.4) is 0 Å². The van der Waals surface area contributed by atoms with Gasteiger partial charge in [-0.25, -0.2) is 4.79 Å². The van der Waals surface area contributed by atoms with Crippen LogP contribution in [0.5, 0.6) is 0 Å². The average molecular weight is 475 g/mol. The molecule has 1 fully saturated rings. The second-order valence-corrected chi connectivity index (χ2v) is 9.04. The third-order valence-electron chi connectivity index (χ3n) is 6.32. The Bertz CT molecular complexity index is 1040. The zero-order valence-corrected chi connectivity index (χ0v) is 20.0. The zero-order chi connectivity index (χ0) is 24.3. The lowest BCUT2D eigenvalue weighted by molar-refractivity contribution is 0.186. The summed E-state index contributed by atoms with van der Waals surface area (Å²) >= 11 is 0. The van der Waals surface area contributed by atoms with Gasteiger partial charge in [-0.15, -0.1) is 10.2 Å². The minimum Gasteiger partial charge on any atom is -0.389 e. The number of benzene rings is 2. The van der Waals surface area contributed by atoms with Gasteiger partial charge in [0.25, 0.3) is 0 Å². The van der Waals surface area contributed by atoms with Crippen LogP contribution >= 0.6 is 0 Å². The highest BCUT2D eigenvalue weighted by atomic mass is 16.3. The molecule has 4 rings (SSSR count). The number of amides is 2. The Balaban J connectivity index is 1.32. The first kappa shape index (κ1) is 24.6. The number of nitrogens with one attached hydrogen (secondary N) is 1. The number of aliphatic hydroxyl groups is 1. The standard InChI is InChI=1S/C27H34N6O2/c34-25(19-22-11-5-3-6-12-22)17-16-24-21-32(20-23-13-7-4-8-14-23)27(35)33(24)18-10-2-1-9-15-26-28-30-31-29-26/h3-8,11-14,16-17,24-25,34H,1-2,9-10,15,18-21H2,(H,28,29,30,31)/b17-16+/t24-,25?/m0/s1. The third-order valence-corrected chi connectivity index (χ3v) is 6.32. The molecule has 8 heteroatoms. The van der Waals surface area contributed by atoms with Gasteiger partial charge in [-0.2, -0.15) is 5.21 Å². The molecule has 1 saturated heterocycles. The van der Waals surface area contributed by atoms with Gasteiger partial charge in [0.15, 0.2) is 5.82 Å². The fourth-order valence-electron chi connectivity index (χ4n) is 4.48. The summed E-state index contributed by atoms with van der Waals surface area (Å²) in [5.41, 5.74) is 2.21. The van der Waals surface area contributed by atoms with Crippen molar-refractivity contribution in [1.29, 1.82) is 0 Å². The summed E-state index contributed by atoms with van der Waals surface area (Å²) in [6, 6.07) is 20.1. The highest BCUT2D eigenvalue weighted by molar-refractivity contribution is 5.77. The summed E-state index contributed by atoms with van der Waals surface area (Å²) in [7, 11) is 0. The van der Waals surface area contributed by atoms with E-state index >= 15 is 0 Å². The number of hydrogen-bond donors (Lipinski definition) is 2. The molecule has 0 bridgehead atoms. The largest absolute Gasteiger partial charge is 0.389 e. The highest BCUT2D eigenvalue weighted by Gasteiger charge is 2.35. The quantitative estimate of drug-likeness (QED) is 0.290. The van der Waals surface area contributed by atoms with Crippen molar-refractivity contribution < 1.29 is 9.90 Å². The molecular formula is C27H34N6O2. The average Bonchev–Trinajstić information content (AvgIpc) is 3.50. The van der Waals surface area contributed by atoms with Crippen LogP contribution in [0, 0.1) is 0 Å². The number of aliphatic hydroxyl groups excluding tert-OH is 1. The number of carbonyl (C=O) groups excluding carboxylic acids is 1. The normalized spacial score (nSPS) is 16.9. The van der Waals surface area contributed by atoms with Gasteiger partial charge in [0.2, 0.25) is 0 Å². The molecule has 3 aromatic rings. The fraction of sp³-hybridized carbons (Fsp3) is 0.407. The van der Waals surface area contributed by atoms with Gasteiger partial charge < -0.3 is 14.9 Å². The van der Waals surface area contributed by atoms with E-state index in [1.165, 1.54) is 0 Å². The SMILES string of the molecule is O=C1N(Cc2ccccc2)C[C@H](/C=C/C(O)Cc2ccccc2)N1CCCCCCc1nn[nH]n1. The molecule has 0 spiro atoms. The molecule has 35 heavy (non-hydrogen) atoms. The molecule has 8 nitrogen and oxygen atoms in total. The number of hydrogen-bond acceptors (Lipinski definition) is 5. The van der Waals surface area contributed by atoms with Crippen LogP contribution in [0.25, 0.3) is 0 Å². The summed E-state index contributed by atoms with van der Waals surface area (Å²) in [6.07, 6.45) is 8.68. The van der Waals surface area contributed by atoms with Gasteiger partial charge >= 0.3 is 6.03 Å². The van der Waals surface area contributed by atoms with Gasteiger partial charge in [0.1, 0.15) is 0 Å². The summed E-state index contributed by atoms with van der Waals surface area (Å²) in [5, 5.41) is 24.6. The van der Waals surface area contributed by atoms with E-state index in [0.717, 1.165) is 49.1 Å². The van der Waals surface area contributed by atoms with Crippen molar-refractivity contribution in [1.82, 2.24) is 30.4 Å². The van der Waals surface area contributed by atoms with Gasteiger partial charge in [0.05, 0.1) is 12.1 Å². The van der Waals surface area contributed by atoms with Crippen LogP contribution in [-0.4, -0.2) is 66.8 Å². The second-order valence-electron chi connectivity index (χ2n) is 9.04. The predicted octanol–water partition coefficient (Wildman–Crippen LogP) is 3.77. The minimum atomic E-state index is -0.581. The lowest BCUT2D eigenvalue weighted by Crippen LogP contribution is -2.35. The fourth-order valence-corrected chi connectivity index (χ4v) is 4.48. The number of carbonyl (C=O) groups is 1. The molecular weight excluding hydrogens is 440 g/mol. The first-order valence-electron chi connectivity index (χ1n) is 12.4. The molecule has 184 valence electrons. The lowest BCUT2D eigenvalue weighted by Gasteiger charge is -2.21. The molecule has 1 aliphatic heterocycles. The number of urea groups is 1. The molecule has 0 radical (unpaired) electrons. The van der Waals surface area contributed by atoms with Crippen LogP contribution in [0.2, 0.25) is 0 Å². The zero-order valence-electron chi connectivity index (χ0n) is 20.0. The number of tetrazole rings is 1. The first-order valence-corrected chi connectivity index (χ1v) is 12.4. The van der Waals surface area contributed by atoms with E-state index in [0.29, 0.717) is 26.1 Å². The summed E-state index contributed by atoms with van der Waals surface area (Å²) in [5.74, 6) is 0.746. The van der Waals surface area contributed by atoms with Crippen molar-refractivity contribution >= 4 is 6.03 Å². The molecule has 2 amide bonds. The van der Waals surface area contributed by atoms with E-state index in [1.54, 1.807) is 0 Å². The number of aromatic nitrogens is 4. The van der Waals surface area contributed by atoms with E-state index < -0.39 is 6.10 Å². The minimum absolute atomic E-state index is 0.0454. The van der Waals surface area contributed by atoms with Crippen molar-refractivity contribution in [3.63, 3.8) is 0 Å². The van der Waals surface area contributed by atoms with E-state index in [1.807, 2.05) is 82.6 Å². The summed E-state index contributed by atoms with van der Waals surface area (Å²) in [4.78, 5) is 17.1. The number of rotatable bonds is 13. The van der Waals surface area contributed by atoms with E-state index in [9.17, 15) is 9.90 Å². The molecule has 1 aliphatic rings. The molecule has 1 aromatic heterocycles. The smallest absolute Gasteiger partial charge is 0.320 e. The van der Waals surface area contributed by atoms with Gasteiger partial charge in [0, 0.05) is 32.5 Å². The van der Waals surface area contributed by atoms with Crippen LogP contribution in [-0.2, 0) is 19.4 Å². The number of H-pyrrole nitrogens is 1. The number of aromatic amines is 1. The van der Waals surface area contributed by atoms with Gasteiger partial charge in [-0.1, -0.05) is 90.9 Å². The van der Waals surface area contributed by atoms with Crippen LogP contribution < -0.4 is 0 Å². The Morgan fingerprint density at radius 1 is 1.00 bits per heavy atom. The Morgan fingerprint density at radius 2 is 1.71 bits per heavy atom. The van der Waals surface area contributed by atoms with Crippen LogP contribution in [0.15, 0.2) is 72.8 Å². The number of unbranched alkanes of at least 4 members (excludes halogenated alkanes) is 3. The summed E-state index contributed by atoms with van der Waals surface area (Å²) < 4.78 is 0. The monoisotopic (exact) mass is 474 g/mol. The van der Waals surface area contributed by atoms with Crippen LogP contribution in [0.1, 0.15) is 42.6 Å². The molecule has 0 saturated carbocycles. The summed E-state index contributed by atoms with van der Waals surface area (Å²) in [6.45, 7) is 1.92. The Kier molecular flexibility index (Phi) is 9.00. The predicted molar refractivity (Wildman–Crippen MR) is 134 cm³/mol. The number of aryl methyl sites for hydroxylation is 1. The van der Waals surface area contributed by atoms with Gasteiger partial charge in [-0.3, -0.25) is 0 Å². The molecule has 2 N–H and O–H groups in total. The second kappa shape index (κ2) is 12.8. The van der Waals surface area contributed by atoms with Crippen molar-refractivity contribution in [2.45, 2.75) is 57.2 Å². The number of nitrogens with zero attached hydrogens (tertiary/aromatic N) is 5. The Labute approximate surface area is 206 Å². The maximum Gasteiger partial charge on any atom is 0.320 e. The molecule has 2 atom stereocenters. The van der Waals surface area contributed by atoms with Crippen molar-refractivity contribution in [3.8, 4) is 0 Å². The molecule has 1 unspecified atom stereocenters. The van der Waals surface area contributed by atoms with Gasteiger partial charge in [-0.05, 0) is 24.0 Å². The van der Waals surface area contributed by atoms with Crippen molar-refractivity contribution in [2.75, 3.05) is 13.1 Å². The van der Waals surface area contributed by atoms with E-state index in [2.05, 4.69) is 20.6 Å². The highest BCUT2D eigenvalue weighted by Crippen LogP contribution is 2.21. The molecule has 2 heterocycles. The maximum absolute atomic E-state index is 13.3. The van der Waals surface area contributed by atoms with Crippen molar-refractivity contribution in [3.05, 3.63) is 89.8 Å². The van der Waals surface area contributed by atoms with E-state index in [-0.39, 0.29) is 12.1 Å². The topological polar surface area (TPSA) is 98.2 Å². The first-order chi connectivity index (χ1) is 17.2. The van der Waals surface area contributed by atoms with Crippen LogP contribution in [0.4, 0.5) is 4.79 Å². The maximum atomic E-state index is 13.3. The Hall–Kier alpha value is -3.52. The van der Waals surface area contributed by atoms with Crippen molar-refractivity contribution in [2.24, 2.45) is 0 Å². The Morgan fingerprint density at radius 3 is 2.43 bits per heavy atom. The molecule has 0 aliphatic carbocycles.